The highest BCUT2D eigenvalue weighted by Gasteiger charge is 2.33. The summed E-state index contributed by atoms with van der Waals surface area (Å²) in [6.07, 6.45) is 0.766. The fraction of sp³-hybridized carbons (Fsp3) is 0.727. The third-order valence-electron chi connectivity index (χ3n) is 2.68. The Morgan fingerprint density at radius 2 is 1.82 bits per heavy atom. The molecule has 1 aliphatic heterocycles. The van der Waals surface area contributed by atoms with Gasteiger partial charge in [0.05, 0.1) is 12.0 Å². The first-order chi connectivity index (χ1) is 7.85. The Kier molecular flexibility index (Phi) is 4.22. The number of methoxy groups -OCH3 is 1. The highest BCUT2D eigenvalue weighted by atomic mass is 16.7. The van der Waals surface area contributed by atoms with Gasteiger partial charge >= 0.3 is 5.97 Å². The number of rotatable bonds is 5. The summed E-state index contributed by atoms with van der Waals surface area (Å²) in [6.45, 7) is 3.68. The molecule has 1 rings (SSSR count). The van der Waals surface area contributed by atoms with Crippen LogP contribution in [0.4, 0.5) is 0 Å². The van der Waals surface area contributed by atoms with Crippen LogP contribution in [-0.4, -0.2) is 35.6 Å². The van der Waals surface area contributed by atoms with E-state index in [1.54, 1.807) is 7.11 Å². The standard InChI is InChI=1S/C11H17NO5/c1-11(2,16-3)7-6-10(15)17-12-8(13)4-5-9(12)14/h4-7H2,1-3H3. The Morgan fingerprint density at radius 3 is 2.29 bits per heavy atom. The number of carbonyl (C=O) groups excluding carboxylic acids is 3. The summed E-state index contributed by atoms with van der Waals surface area (Å²) < 4.78 is 5.15. The van der Waals surface area contributed by atoms with E-state index < -0.39 is 23.4 Å². The molecule has 0 spiro atoms. The van der Waals surface area contributed by atoms with Gasteiger partial charge in [-0.25, -0.2) is 4.79 Å². The van der Waals surface area contributed by atoms with Crippen LogP contribution in [-0.2, 0) is 24.0 Å². The van der Waals surface area contributed by atoms with Gasteiger partial charge in [-0.2, -0.15) is 0 Å². The second-order valence-electron chi connectivity index (χ2n) is 4.51. The van der Waals surface area contributed by atoms with E-state index in [1.807, 2.05) is 13.8 Å². The SMILES string of the molecule is COC(C)(C)CCC(=O)ON1C(=O)CCC1=O. The van der Waals surface area contributed by atoms with Crippen molar-refractivity contribution in [3.8, 4) is 0 Å². The normalized spacial score (nSPS) is 16.5. The summed E-state index contributed by atoms with van der Waals surface area (Å²) in [5, 5.41) is 0.558. The summed E-state index contributed by atoms with van der Waals surface area (Å²) in [5.74, 6) is -1.53. The van der Waals surface area contributed by atoms with Gasteiger partial charge < -0.3 is 9.57 Å². The van der Waals surface area contributed by atoms with E-state index in [9.17, 15) is 14.4 Å². The fourth-order valence-electron chi connectivity index (χ4n) is 1.31. The minimum absolute atomic E-state index is 0.0951. The number of carbonyl (C=O) groups is 3. The van der Waals surface area contributed by atoms with Crippen molar-refractivity contribution in [2.75, 3.05) is 7.11 Å². The lowest BCUT2D eigenvalue weighted by Gasteiger charge is -2.22. The van der Waals surface area contributed by atoms with E-state index in [4.69, 9.17) is 9.57 Å². The molecule has 0 aromatic carbocycles. The molecule has 6 heteroatoms. The fourth-order valence-corrected chi connectivity index (χ4v) is 1.31. The Hall–Kier alpha value is -1.43. The lowest BCUT2D eigenvalue weighted by molar-refractivity contribution is -0.198. The number of hydrogen-bond donors (Lipinski definition) is 0. The molecule has 0 unspecified atom stereocenters. The van der Waals surface area contributed by atoms with Crippen LogP contribution in [0.3, 0.4) is 0 Å². The lowest BCUT2D eigenvalue weighted by Crippen LogP contribution is -2.33. The Labute approximate surface area is 99.8 Å². The topological polar surface area (TPSA) is 72.9 Å². The van der Waals surface area contributed by atoms with Crippen LogP contribution in [0.1, 0.15) is 39.5 Å². The van der Waals surface area contributed by atoms with Gasteiger partial charge in [0, 0.05) is 20.0 Å². The van der Waals surface area contributed by atoms with Crippen LogP contribution >= 0.6 is 0 Å². The van der Waals surface area contributed by atoms with Gasteiger partial charge in [-0.15, -0.1) is 5.06 Å². The third kappa shape index (κ3) is 3.81. The first-order valence-electron chi connectivity index (χ1n) is 5.47. The van der Waals surface area contributed by atoms with E-state index in [0.717, 1.165) is 0 Å². The zero-order valence-corrected chi connectivity index (χ0v) is 10.3. The highest BCUT2D eigenvalue weighted by molar-refractivity contribution is 6.01. The molecule has 0 aliphatic carbocycles. The van der Waals surface area contributed by atoms with Crippen molar-refractivity contribution in [2.24, 2.45) is 0 Å². The molecule has 0 aromatic heterocycles. The van der Waals surface area contributed by atoms with Crippen molar-refractivity contribution in [1.29, 1.82) is 0 Å². The van der Waals surface area contributed by atoms with Crippen molar-refractivity contribution in [3.05, 3.63) is 0 Å². The summed E-state index contributed by atoms with van der Waals surface area (Å²) >= 11 is 0. The third-order valence-corrected chi connectivity index (χ3v) is 2.68. The summed E-state index contributed by atoms with van der Waals surface area (Å²) in [6, 6.07) is 0. The van der Waals surface area contributed by atoms with Gasteiger partial charge in [-0.05, 0) is 20.3 Å². The monoisotopic (exact) mass is 243 g/mol. The smallest absolute Gasteiger partial charge is 0.333 e. The first kappa shape index (κ1) is 13.6. The minimum Gasteiger partial charge on any atom is -0.379 e. The van der Waals surface area contributed by atoms with Crippen molar-refractivity contribution < 1.29 is 24.0 Å². The zero-order valence-electron chi connectivity index (χ0n) is 10.3. The van der Waals surface area contributed by atoms with Gasteiger partial charge in [0.25, 0.3) is 11.8 Å². The second-order valence-corrected chi connectivity index (χ2v) is 4.51. The molecule has 1 saturated heterocycles. The second kappa shape index (κ2) is 5.27. The van der Waals surface area contributed by atoms with E-state index in [1.165, 1.54) is 0 Å². The number of nitrogens with zero attached hydrogens (tertiary/aromatic N) is 1. The largest absolute Gasteiger partial charge is 0.379 e. The molecule has 1 fully saturated rings. The number of imide groups is 1. The van der Waals surface area contributed by atoms with Gasteiger partial charge in [-0.1, -0.05) is 0 Å². The van der Waals surface area contributed by atoms with Crippen LogP contribution in [0.25, 0.3) is 0 Å². The van der Waals surface area contributed by atoms with Crippen molar-refractivity contribution in [2.45, 2.75) is 45.1 Å². The first-order valence-corrected chi connectivity index (χ1v) is 5.47. The average Bonchev–Trinajstić information content (AvgIpc) is 2.58. The molecular weight excluding hydrogens is 226 g/mol. The van der Waals surface area contributed by atoms with Gasteiger partial charge in [0.2, 0.25) is 0 Å². The maximum absolute atomic E-state index is 11.4. The van der Waals surface area contributed by atoms with Crippen LogP contribution in [0, 0.1) is 0 Å². The van der Waals surface area contributed by atoms with Gasteiger partial charge in [0.15, 0.2) is 0 Å². The average molecular weight is 243 g/mol. The van der Waals surface area contributed by atoms with E-state index >= 15 is 0 Å². The quantitative estimate of drug-likeness (QED) is 0.668. The predicted octanol–water partition coefficient (Wildman–Crippen LogP) is 0.799. The Morgan fingerprint density at radius 1 is 1.29 bits per heavy atom. The van der Waals surface area contributed by atoms with Crippen LogP contribution in [0.15, 0.2) is 0 Å². The lowest BCUT2D eigenvalue weighted by atomic mass is 10.0. The maximum atomic E-state index is 11.4. The zero-order chi connectivity index (χ0) is 13.1. The molecule has 0 radical (unpaired) electrons. The van der Waals surface area contributed by atoms with E-state index in [0.29, 0.717) is 11.5 Å². The molecule has 0 bridgehead atoms. The van der Waals surface area contributed by atoms with Gasteiger partial charge in [-0.3, -0.25) is 9.59 Å². The molecule has 6 nitrogen and oxygen atoms in total. The maximum Gasteiger partial charge on any atom is 0.333 e. The summed E-state index contributed by atoms with van der Waals surface area (Å²) in [4.78, 5) is 38.5. The van der Waals surface area contributed by atoms with Crippen molar-refractivity contribution >= 4 is 17.8 Å². The summed E-state index contributed by atoms with van der Waals surface area (Å²) in [5.41, 5.74) is -0.432. The van der Waals surface area contributed by atoms with E-state index in [2.05, 4.69) is 0 Å². The molecule has 96 valence electrons. The Bertz CT molecular complexity index is 321. The highest BCUT2D eigenvalue weighted by Crippen LogP contribution is 2.17. The molecule has 1 aliphatic rings. The minimum atomic E-state index is -0.598. The molecule has 1 heterocycles. The van der Waals surface area contributed by atoms with Crippen LogP contribution in [0.5, 0.6) is 0 Å². The van der Waals surface area contributed by atoms with Gasteiger partial charge in [0.1, 0.15) is 0 Å². The van der Waals surface area contributed by atoms with Crippen LogP contribution < -0.4 is 0 Å². The molecule has 2 amide bonds. The van der Waals surface area contributed by atoms with Crippen molar-refractivity contribution in [1.82, 2.24) is 5.06 Å². The number of amides is 2. The Balaban J connectivity index is 2.40. The van der Waals surface area contributed by atoms with Crippen molar-refractivity contribution in [3.63, 3.8) is 0 Å². The number of hydrogen-bond acceptors (Lipinski definition) is 5. The number of ether oxygens (including phenoxy) is 1. The van der Waals surface area contributed by atoms with Crippen LogP contribution in [0.2, 0.25) is 0 Å². The number of hydroxylamine groups is 2. The predicted molar refractivity (Wildman–Crippen MR) is 57.5 cm³/mol. The molecule has 0 atom stereocenters. The molecule has 0 saturated carbocycles. The molecule has 17 heavy (non-hydrogen) atoms. The van der Waals surface area contributed by atoms with E-state index in [-0.39, 0.29) is 19.3 Å². The molecular formula is C11H17NO5. The molecule has 0 aromatic rings. The summed E-state index contributed by atoms with van der Waals surface area (Å²) in [7, 11) is 1.55. The molecule has 0 N–H and O–H groups in total.